The highest BCUT2D eigenvalue weighted by atomic mass is 16.5. The average molecular weight is 337 g/mol. The molecular weight excluding hydrogens is 318 g/mol. The summed E-state index contributed by atoms with van der Waals surface area (Å²) < 4.78 is 16.7. The zero-order valence-corrected chi connectivity index (χ0v) is 14.2. The summed E-state index contributed by atoms with van der Waals surface area (Å²) >= 11 is 0. The Bertz CT molecular complexity index is 878. The zero-order valence-electron chi connectivity index (χ0n) is 14.2. The average Bonchev–Trinajstić information content (AvgIpc) is 3.28. The van der Waals surface area contributed by atoms with Crippen molar-refractivity contribution < 1.29 is 13.9 Å². The molecule has 2 aromatic carbocycles. The first-order valence-electron chi connectivity index (χ1n) is 8.20. The van der Waals surface area contributed by atoms with Crippen LogP contribution in [0.5, 0.6) is 11.5 Å². The topological polar surface area (TPSA) is 69.4 Å². The van der Waals surface area contributed by atoms with E-state index in [4.69, 9.17) is 13.9 Å². The number of benzene rings is 2. The summed E-state index contributed by atoms with van der Waals surface area (Å²) in [7, 11) is 1.69. The second kappa shape index (κ2) is 6.47. The highest BCUT2D eigenvalue weighted by molar-refractivity contribution is 5.61. The molecule has 1 N–H and O–H groups in total. The predicted molar refractivity (Wildman–Crippen MR) is 93.8 cm³/mol. The Morgan fingerprint density at radius 1 is 1.28 bits per heavy atom. The van der Waals surface area contributed by atoms with Crippen molar-refractivity contribution in [3.05, 3.63) is 53.9 Å². The van der Waals surface area contributed by atoms with Crippen LogP contribution in [0, 0.1) is 0 Å². The van der Waals surface area contributed by atoms with Crippen LogP contribution in [-0.2, 0) is 13.0 Å². The molecule has 0 aliphatic carbocycles. The van der Waals surface area contributed by atoms with Crippen LogP contribution in [0.15, 0.2) is 47.2 Å². The molecule has 4 rings (SSSR count). The summed E-state index contributed by atoms with van der Waals surface area (Å²) in [6.07, 6.45) is 2.43. The van der Waals surface area contributed by atoms with Gasteiger partial charge in [0.2, 0.25) is 12.3 Å². The lowest BCUT2D eigenvalue weighted by molar-refractivity contribution is 0.252. The van der Waals surface area contributed by atoms with Crippen molar-refractivity contribution in [3.8, 4) is 23.0 Å². The van der Waals surface area contributed by atoms with Gasteiger partial charge >= 0.3 is 0 Å². The molecule has 0 fully saturated rings. The summed E-state index contributed by atoms with van der Waals surface area (Å²) in [4.78, 5) is 0. The van der Waals surface area contributed by atoms with Gasteiger partial charge in [0.25, 0.3) is 0 Å². The number of hydrogen-bond acceptors (Lipinski definition) is 6. The molecule has 1 aliphatic rings. The summed E-state index contributed by atoms with van der Waals surface area (Å²) in [5.41, 5.74) is 4.13. The lowest BCUT2D eigenvalue weighted by Crippen LogP contribution is -2.07. The maximum atomic E-state index is 5.98. The molecule has 1 atom stereocenters. The van der Waals surface area contributed by atoms with Gasteiger partial charge in [-0.15, -0.1) is 10.2 Å². The van der Waals surface area contributed by atoms with Gasteiger partial charge in [0.15, 0.2) is 0 Å². The molecule has 25 heavy (non-hydrogen) atoms. The number of aromatic nitrogens is 2. The van der Waals surface area contributed by atoms with Gasteiger partial charge < -0.3 is 19.2 Å². The molecule has 3 aromatic rings. The van der Waals surface area contributed by atoms with E-state index in [0.29, 0.717) is 12.4 Å². The largest absolute Gasteiger partial charge is 0.497 e. The van der Waals surface area contributed by atoms with E-state index in [2.05, 4.69) is 28.5 Å². The number of rotatable bonds is 5. The number of anilines is 1. The maximum absolute atomic E-state index is 5.98. The number of fused-ring (bicyclic) bond motifs is 1. The third kappa shape index (κ3) is 3.15. The fourth-order valence-electron chi connectivity index (χ4n) is 3.09. The Labute approximate surface area is 145 Å². The summed E-state index contributed by atoms with van der Waals surface area (Å²) in [5, 5.41) is 11.1. The molecule has 0 saturated heterocycles. The van der Waals surface area contributed by atoms with Crippen LogP contribution in [0.25, 0.3) is 11.5 Å². The molecule has 0 unspecified atom stereocenters. The van der Waals surface area contributed by atoms with Crippen LogP contribution in [-0.4, -0.2) is 23.4 Å². The third-order valence-corrected chi connectivity index (χ3v) is 4.23. The van der Waals surface area contributed by atoms with Gasteiger partial charge in [0.05, 0.1) is 7.11 Å². The highest BCUT2D eigenvalue weighted by Crippen LogP contribution is 2.36. The highest BCUT2D eigenvalue weighted by Gasteiger charge is 2.23. The van der Waals surface area contributed by atoms with E-state index < -0.39 is 0 Å². The van der Waals surface area contributed by atoms with Crippen LogP contribution in [0.1, 0.15) is 18.1 Å². The van der Waals surface area contributed by atoms with Gasteiger partial charge in [-0.05, 0) is 37.3 Å². The van der Waals surface area contributed by atoms with E-state index in [0.717, 1.165) is 34.7 Å². The minimum atomic E-state index is 0.196. The zero-order chi connectivity index (χ0) is 17.2. The molecule has 2 heterocycles. The number of ether oxygens (including phenoxy) is 2. The van der Waals surface area contributed by atoms with Crippen LogP contribution >= 0.6 is 0 Å². The van der Waals surface area contributed by atoms with E-state index in [-0.39, 0.29) is 6.10 Å². The van der Waals surface area contributed by atoms with Crippen molar-refractivity contribution in [2.24, 2.45) is 0 Å². The van der Waals surface area contributed by atoms with Crippen molar-refractivity contribution in [1.82, 2.24) is 10.2 Å². The van der Waals surface area contributed by atoms with Crippen molar-refractivity contribution in [3.63, 3.8) is 0 Å². The molecule has 0 radical (unpaired) electrons. The lowest BCUT2D eigenvalue weighted by Gasteiger charge is -2.13. The predicted octanol–water partition coefficient (Wildman–Crippen LogP) is 3.68. The molecule has 0 amide bonds. The van der Waals surface area contributed by atoms with Gasteiger partial charge in [-0.25, -0.2) is 0 Å². The van der Waals surface area contributed by atoms with Crippen LogP contribution in [0.3, 0.4) is 0 Å². The summed E-state index contributed by atoms with van der Waals surface area (Å²) in [6, 6.07) is 12.0. The van der Waals surface area contributed by atoms with Gasteiger partial charge in [0.1, 0.15) is 17.6 Å². The van der Waals surface area contributed by atoms with E-state index in [1.807, 2.05) is 30.3 Å². The fourth-order valence-corrected chi connectivity index (χ4v) is 3.09. The first-order chi connectivity index (χ1) is 12.2. The minimum Gasteiger partial charge on any atom is -0.497 e. The Morgan fingerprint density at radius 2 is 2.20 bits per heavy atom. The van der Waals surface area contributed by atoms with E-state index >= 15 is 0 Å². The lowest BCUT2D eigenvalue weighted by atomic mass is 10.1. The van der Waals surface area contributed by atoms with Crippen molar-refractivity contribution in [1.29, 1.82) is 0 Å². The Hall–Kier alpha value is -3.02. The monoisotopic (exact) mass is 337 g/mol. The molecule has 0 spiro atoms. The van der Waals surface area contributed by atoms with Crippen LogP contribution in [0.4, 0.5) is 5.69 Å². The molecule has 6 nitrogen and oxygen atoms in total. The number of methoxy groups -OCH3 is 1. The normalized spacial score (nSPS) is 15.5. The molecule has 128 valence electrons. The van der Waals surface area contributed by atoms with E-state index in [1.165, 1.54) is 12.0 Å². The number of nitrogens with zero attached hydrogens (tertiary/aromatic N) is 2. The van der Waals surface area contributed by atoms with Crippen molar-refractivity contribution in [2.75, 3.05) is 12.4 Å². The first-order valence-corrected chi connectivity index (χ1v) is 8.20. The van der Waals surface area contributed by atoms with Gasteiger partial charge in [0, 0.05) is 35.3 Å². The molecule has 6 heteroatoms. The minimum absolute atomic E-state index is 0.196. The van der Waals surface area contributed by atoms with Gasteiger partial charge in [-0.2, -0.15) is 0 Å². The van der Waals surface area contributed by atoms with Gasteiger partial charge in [-0.3, -0.25) is 0 Å². The SMILES string of the molecule is COc1cc(CNc2cccc(-c3nnco3)c2)c2c(c1)C[C@H](C)O2. The van der Waals surface area contributed by atoms with Crippen molar-refractivity contribution in [2.45, 2.75) is 26.0 Å². The van der Waals surface area contributed by atoms with Crippen molar-refractivity contribution >= 4 is 5.69 Å². The molecule has 1 aliphatic heterocycles. The molecular formula is C19H19N3O3. The third-order valence-electron chi connectivity index (χ3n) is 4.23. The van der Waals surface area contributed by atoms with Crippen LogP contribution < -0.4 is 14.8 Å². The second-order valence-electron chi connectivity index (χ2n) is 6.09. The van der Waals surface area contributed by atoms with E-state index in [1.54, 1.807) is 7.11 Å². The van der Waals surface area contributed by atoms with E-state index in [9.17, 15) is 0 Å². The number of hydrogen-bond donors (Lipinski definition) is 1. The standard InChI is InChI=1S/C19H19N3O3/c1-12-6-14-8-17(23-2)9-15(18(14)25-12)10-20-16-5-3-4-13(7-16)19-22-21-11-24-19/h3-5,7-9,11-12,20H,6,10H2,1-2H3/t12-/m0/s1. The second-order valence-corrected chi connectivity index (χ2v) is 6.09. The quantitative estimate of drug-likeness (QED) is 0.766. The smallest absolute Gasteiger partial charge is 0.247 e. The Balaban J connectivity index is 1.56. The molecule has 1 aromatic heterocycles. The Morgan fingerprint density at radius 3 is 3.00 bits per heavy atom. The Kier molecular flexibility index (Phi) is 4.01. The first kappa shape index (κ1) is 15.5. The number of nitrogens with one attached hydrogen (secondary N) is 1. The summed E-state index contributed by atoms with van der Waals surface area (Å²) in [5.74, 6) is 2.32. The summed E-state index contributed by atoms with van der Waals surface area (Å²) in [6.45, 7) is 2.72. The molecule has 0 saturated carbocycles. The van der Waals surface area contributed by atoms with Crippen LogP contribution in [0.2, 0.25) is 0 Å². The maximum Gasteiger partial charge on any atom is 0.247 e. The fraction of sp³-hybridized carbons (Fsp3) is 0.263. The van der Waals surface area contributed by atoms with Gasteiger partial charge in [-0.1, -0.05) is 6.07 Å². The molecule has 0 bridgehead atoms.